The van der Waals surface area contributed by atoms with Crippen LogP contribution < -0.4 is 0 Å². The molecule has 0 aromatic heterocycles. The van der Waals surface area contributed by atoms with Gasteiger partial charge in [-0.25, -0.2) is 0 Å². The Morgan fingerprint density at radius 2 is 2.23 bits per heavy atom. The van der Waals surface area contributed by atoms with Gasteiger partial charge in [-0.05, 0) is 6.42 Å². The topological polar surface area (TPSA) is 74.7 Å². The Bertz CT molecular complexity index is 237. The maximum Gasteiger partial charge on any atom is 0.303 e. The fourth-order valence-corrected chi connectivity index (χ4v) is 1.74. The van der Waals surface area contributed by atoms with Gasteiger partial charge in [-0.3, -0.25) is 19.3 Å². The van der Waals surface area contributed by atoms with E-state index >= 15 is 0 Å². The van der Waals surface area contributed by atoms with E-state index in [0.717, 1.165) is 16.7 Å². The fourth-order valence-electron chi connectivity index (χ4n) is 0.986. The summed E-state index contributed by atoms with van der Waals surface area (Å²) in [6.45, 7) is 0.219. The second-order valence-corrected chi connectivity index (χ2v) is 3.52. The molecule has 6 heteroatoms. The summed E-state index contributed by atoms with van der Waals surface area (Å²) >= 11 is 0.962. The number of rotatable bonds is 4. The quantitative estimate of drug-likeness (QED) is 0.722. The van der Waals surface area contributed by atoms with Crippen molar-refractivity contribution in [2.75, 3.05) is 12.3 Å². The number of carbonyl (C=O) groups excluding carboxylic acids is 2. The van der Waals surface area contributed by atoms with Gasteiger partial charge in [0.1, 0.15) is 0 Å². The molecule has 0 bridgehead atoms. The van der Waals surface area contributed by atoms with E-state index in [9.17, 15) is 14.4 Å². The number of carbonyl (C=O) groups is 3. The molecule has 1 rings (SSSR count). The van der Waals surface area contributed by atoms with E-state index in [4.69, 9.17) is 5.11 Å². The van der Waals surface area contributed by atoms with E-state index in [2.05, 4.69) is 0 Å². The first kappa shape index (κ1) is 10.0. The molecule has 0 radical (unpaired) electrons. The normalized spacial score (nSPS) is 16.8. The van der Waals surface area contributed by atoms with Crippen molar-refractivity contribution in [2.45, 2.75) is 12.8 Å². The second kappa shape index (κ2) is 4.27. The first-order valence-corrected chi connectivity index (χ1v) is 4.78. The highest BCUT2D eigenvalue weighted by Crippen LogP contribution is 2.18. The Hall–Kier alpha value is -1.04. The molecule has 2 amide bonds. The predicted octanol–water partition coefficient (Wildman–Crippen LogP) is 0.547. The van der Waals surface area contributed by atoms with Crippen LogP contribution in [-0.4, -0.2) is 39.4 Å². The number of carboxylic acid groups (broad SMARTS) is 1. The molecular weight excluding hydrogens is 194 g/mol. The van der Waals surface area contributed by atoms with Crippen LogP contribution in [0.4, 0.5) is 4.79 Å². The fraction of sp³-hybridized carbons (Fsp3) is 0.571. The molecule has 0 atom stereocenters. The van der Waals surface area contributed by atoms with Crippen LogP contribution in [0.3, 0.4) is 0 Å². The summed E-state index contributed by atoms with van der Waals surface area (Å²) in [6.07, 6.45) is 0.315. The molecule has 1 saturated heterocycles. The summed E-state index contributed by atoms with van der Waals surface area (Å²) in [5.74, 6) is -0.946. The van der Waals surface area contributed by atoms with E-state index in [1.807, 2.05) is 0 Å². The first-order valence-electron chi connectivity index (χ1n) is 3.80. The molecule has 0 aromatic carbocycles. The van der Waals surface area contributed by atoms with Crippen molar-refractivity contribution in [3.05, 3.63) is 0 Å². The number of amides is 2. The number of carboxylic acids is 1. The highest BCUT2D eigenvalue weighted by atomic mass is 32.2. The molecule has 0 aliphatic carbocycles. The minimum atomic E-state index is -0.910. The SMILES string of the molecule is O=C(O)CCCN1C(=O)CSC1=O. The van der Waals surface area contributed by atoms with Gasteiger partial charge in [0.05, 0.1) is 5.75 Å². The van der Waals surface area contributed by atoms with Gasteiger partial charge < -0.3 is 5.11 Å². The van der Waals surface area contributed by atoms with Crippen molar-refractivity contribution in [1.82, 2.24) is 4.90 Å². The van der Waals surface area contributed by atoms with Gasteiger partial charge in [-0.2, -0.15) is 0 Å². The summed E-state index contributed by atoms with van der Waals surface area (Å²) in [6, 6.07) is 0. The number of nitrogens with zero attached hydrogens (tertiary/aromatic N) is 1. The van der Waals surface area contributed by atoms with Crippen LogP contribution in [-0.2, 0) is 9.59 Å². The first-order chi connectivity index (χ1) is 6.11. The van der Waals surface area contributed by atoms with Crippen molar-refractivity contribution in [3.63, 3.8) is 0 Å². The Labute approximate surface area is 79.1 Å². The molecule has 1 aliphatic heterocycles. The zero-order valence-electron chi connectivity index (χ0n) is 6.86. The summed E-state index contributed by atoms with van der Waals surface area (Å²) in [7, 11) is 0. The van der Waals surface area contributed by atoms with Crippen LogP contribution in [0.15, 0.2) is 0 Å². The molecular formula is C7H9NO4S. The van der Waals surface area contributed by atoms with Crippen LogP contribution in [0, 0.1) is 0 Å². The van der Waals surface area contributed by atoms with Crippen molar-refractivity contribution in [3.8, 4) is 0 Å². The van der Waals surface area contributed by atoms with E-state index < -0.39 is 5.97 Å². The largest absolute Gasteiger partial charge is 0.481 e. The monoisotopic (exact) mass is 203 g/mol. The van der Waals surface area contributed by atoms with Gasteiger partial charge in [0.2, 0.25) is 5.91 Å². The standard InChI is InChI=1S/C7H9NO4S/c9-5-4-13-7(12)8(5)3-1-2-6(10)11/h1-4H2,(H,10,11). The number of imide groups is 1. The maximum atomic E-state index is 11.0. The van der Waals surface area contributed by atoms with Crippen LogP contribution in [0.1, 0.15) is 12.8 Å². The van der Waals surface area contributed by atoms with Gasteiger partial charge in [0.25, 0.3) is 5.24 Å². The minimum Gasteiger partial charge on any atom is -0.481 e. The average Bonchev–Trinajstić information content (AvgIpc) is 2.34. The molecule has 0 saturated carbocycles. The third-order valence-corrected chi connectivity index (χ3v) is 2.47. The minimum absolute atomic E-state index is 0.0122. The number of aliphatic carboxylic acids is 1. The number of hydrogen-bond donors (Lipinski definition) is 1. The van der Waals surface area contributed by atoms with Gasteiger partial charge in [-0.15, -0.1) is 0 Å². The van der Waals surface area contributed by atoms with E-state index in [1.54, 1.807) is 0 Å². The van der Waals surface area contributed by atoms with Crippen LogP contribution in [0.2, 0.25) is 0 Å². The molecule has 5 nitrogen and oxygen atoms in total. The Kier molecular flexibility index (Phi) is 3.30. The molecule has 1 fully saturated rings. The molecule has 0 unspecified atom stereocenters. The smallest absolute Gasteiger partial charge is 0.303 e. The lowest BCUT2D eigenvalue weighted by atomic mass is 10.3. The van der Waals surface area contributed by atoms with Crippen LogP contribution >= 0.6 is 11.8 Å². The number of hydrogen-bond acceptors (Lipinski definition) is 4. The summed E-state index contributed by atoms with van der Waals surface area (Å²) in [5, 5.41) is 8.06. The summed E-state index contributed by atoms with van der Waals surface area (Å²) < 4.78 is 0. The Morgan fingerprint density at radius 3 is 2.69 bits per heavy atom. The van der Waals surface area contributed by atoms with Crippen LogP contribution in [0.25, 0.3) is 0 Å². The summed E-state index contributed by atoms with van der Waals surface area (Å²) in [5.41, 5.74) is 0. The predicted molar refractivity (Wildman–Crippen MR) is 46.4 cm³/mol. The molecule has 0 spiro atoms. The molecule has 1 heterocycles. The third kappa shape index (κ3) is 2.73. The molecule has 1 aliphatic rings. The van der Waals surface area contributed by atoms with E-state index in [-0.39, 0.29) is 29.9 Å². The highest BCUT2D eigenvalue weighted by molar-refractivity contribution is 8.14. The molecule has 1 N–H and O–H groups in total. The summed E-state index contributed by atoms with van der Waals surface area (Å²) in [4.78, 5) is 33.2. The van der Waals surface area contributed by atoms with Crippen LogP contribution in [0.5, 0.6) is 0 Å². The highest BCUT2D eigenvalue weighted by Gasteiger charge is 2.29. The van der Waals surface area contributed by atoms with Gasteiger partial charge in [0, 0.05) is 13.0 Å². The van der Waals surface area contributed by atoms with Crippen molar-refractivity contribution >= 4 is 28.9 Å². The Morgan fingerprint density at radius 1 is 1.54 bits per heavy atom. The molecule has 72 valence electrons. The average molecular weight is 203 g/mol. The van der Waals surface area contributed by atoms with E-state index in [1.165, 1.54) is 0 Å². The molecule has 13 heavy (non-hydrogen) atoms. The number of thioether (sulfide) groups is 1. The molecule has 0 aromatic rings. The third-order valence-electron chi connectivity index (χ3n) is 1.61. The zero-order chi connectivity index (χ0) is 9.84. The van der Waals surface area contributed by atoms with Crippen molar-refractivity contribution < 1.29 is 19.5 Å². The van der Waals surface area contributed by atoms with Crippen molar-refractivity contribution in [2.24, 2.45) is 0 Å². The zero-order valence-corrected chi connectivity index (χ0v) is 7.67. The lowest BCUT2D eigenvalue weighted by molar-refractivity contribution is -0.137. The maximum absolute atomic E-state index is 11.0. The van der Waals surface area contributed by atoms with E-state index in [0.29, 0.717) is 6.42 Å². The van der Waals surface area contributed by atoms with Gasteiger partial charge >= 0.3 is 5.97 Å². The Balaban J connectivity index is 2.31. The lowest BCUT2D eigenvalue weighted by Crippen LogP contribution is -2.29. The lowest BCUT2D eigenvalue weighted by Gasteiger charge is -2.10. The van der Waals surface area contributed by atoms with Gasteiger partial charge in [0.15, 0.2) is 0 Å². The van der Waals surface area contributed by atoms with Gasteiger partial charge in [-0.1, -0.05) is 11.8 Å². The second-order valence-electron chi connectivity index (χ2n) is 2.60. The van der Waals surface area contributed by atoms with Crippen molar-refractivity contribution in [1.29, 1.82) is 0 Å².